The van der Waals surface area contributed by atoms with Crippen LogP contribution in [-0.2, 0) is 32.0 Å². The smallest absolute Gasteiger partial charge is 0.478 e. The Hall–Kier alpha value is -6.75. The summed E-state index contributed by atoms with van der Waals surface area (Å²) in [6, 6.07) is 39.0. The second-order valence-corrected chi connectivity index (χ2v) is 20.3. The van der Waals surface area contributed by atoms with E-state index < -0.39 is 23.5 Å². The van der Waals surface area contributed by atoms with Gasteiger partial charge >= 0.3 is 18.1 Å². The quantitative estimate of drug-likeness (QED) is 0.0295. The number of amides is 2. The number of hydrogen-bond acceptors (Lipinski definition) is 14. The number of carbonyl (C=O) groups excluding carboxylic acids is 2. The number of anilines is 4. The van der Waals surface area contributed by atoms with E-state index in [0.717, 1.165) is 11.1 Å². The highest BCUT2D eigenvalue weighted by atomic mass is 28.4. The molecule has 376 valence electrons. The molecule has 6 aromatic rings. The van der Waals surface area contributed by atoms with Crippen molar-refractivity contribution >= 4 is 52.7 Å². The molecule has 2 amide bonds. The molecule has 6 rings (SSSR count). The molecule has 0 heterocycles. The topological polar surface area (TPSA) is 203 Å². The van der Waals surface area contributed by atoms with Gasteiger partial charge in [-0.05, 0) is 150 Å². The van der Waals surface area contributed by atoms with Gasteiger partial charge < -0.3 is 67.0 Å². The van der Waals surface area contributed by atoms with E-state index in [1.165, 1.54) is 0 Å². The van der Waals surface area contributed by atoms with Crippen molar-refractivity contribution in [3.8, 4) is 34.5 Å². The molecule has 0 aromatic heterocycles. The number of hydrogen-bond donors (Lipinski definition) is 4. The number of carbonyl (C=O) groups is 2. The Morgan fingerprint density at radius 1 is 0.437 bits per heavy atom. The molecule has 0 unspecified atom stereocenters. The summed E-state index contributed by atoms with van der Waals surface area (Å²) in [6.07, 6.45) is 0. The van der Waals surface area contributed by atoms with Crippen molar-refractivity contribution in [1.29, 1.82) is 0 Å². The summed E-state index contributed by atoms with van der Waals surface area (Å²) in [4.78, 5) is 26.7. The van der Waals surface area contributed by atoms with Crippen LogP contribution in [0.2, 0.25) is 0 Å². The fraction of sp³-hybridized carbons (Fsp3) is 0.283. The average Bonchev–Trinajstić information content (AvgIpc) is 3.34. The predicted octanol–water partition coefficient (Wildman–Crippen LogP) is 11.1. The number of rotatable bonds is 26. The highest BCUT2D eigenvalue weighted by molar-refractivity contribution is 6.55. The Morgan fingerprint density at radius 3 is 1.03 bits per heavy atom. The predicted molar refractivity (Wildman–Crippen MR) is 278 cm³/mol. The summed E-state index contributed by atoms with van der Waals surface area (Å²) >= 11 is 0. The molecule has 0 bridgehead atoms. The van der Waals surface area contributed by atoms with E-state index in [4.69, 9.17) is 56.3 Å². The molecule has 0 aliphatic heterocycles. The summed E-state index contributed by atoms with van der Waals surface area (Å²) in [5.74, 6) is 1.79. The number of nitrogens with two attached hydrogens (primary N) is 2. The molecule has 0 atom stereocenters. The lowest BCUT2D eigenvalue weighted by Gasteiger charge is -2.28. The lowest BCUT2D eigenvalue weighted by atomic mass is 9.78. The minimum Gasteiger partial charge on any atom is -0.478 e. The van der Waals surface area contributed by atoms with Crippen LogP contribution in [0.25, 0.3) is 0 Å². The number of nitrogen functional groups attached to an aromatic ring is 2. The maximum absolute atomic E-state index is 13.3. The van der Waals surface area contributed by atoms with Gasteiger partial charge in [-0.25, -0.2) is 0 Å². The van der Waals surface area contributed by atoms with Crippen LogP contribution in [0.4, 0.5) is 22.7 Å². The van der Waals surface area contributed by atoms with Crippen molar-refractivity contribution in [3.05, 3.63) is 156 Å². The third-order valence-corrected chi connectivity index (χ3v) is 15.6. The highest BCUT2D eigenvalue weighted by Gasteiger charge is 2.49. The van der Waals surface area contributed by atoms with Crippen molar-refractivity contribution in [1.82, 2.24) is 0 Å². The molecule has 6 aromatic carbocycles. The molecule has 0 aliphatic rings. The molecule has 0 aliphatic carbocycles. The molecule has 0 radical (unpaired) electrons. The van der Waals surface area contributed by atoms with Gasteiger partial charge in [-0.1, -0.05) is 38.1 Å². The van der Waals surface area contributed by atoms with Crippen LogP contribution in [0.3, 0.4) is 0 Å². The fourth-order valence-electron chi connectivity index (χ4n) is 7.24. The maximum Gasteiger partial charge on any atom is 0.749 e. The lowest BCUT2D eigenvalue weighted by molar-refractivity contribution is 0.00883. The summed E-state index contributed by atoms with van der Waals surface area (Å²) in [6.45, 7) is 16.9. The number of benzene rings is 6. The first-order chi connectivity index (χ1) is 34.2. The van der Waals surface area contributed by atoms with Gasteiger partial charge in [0, 0.05) is 79.7 Å². The standard InChI is InChI=1S/C53H64N4O12Si2/c1-9-60-70(61-10-2,62-11-3)68-49-35-45(31-33-47(49)56-51(58)37-15-23-41(54)24-16-37)66-43-27-19-39(20-28-43)53(7,8)40-21-29-44(30-22-40)67-46-32-34-48(57-52(59)38-17-25-42(55)26-18-38)50(36-46)69-71(63-12-4,64-13-5)65-14-6/h15-36H,9-14,54-55H2,1-8H3,(H,56,58)(H,57,59). The van der Waals surface area contributed by atoms with Crippen molar-refractivity contribution in [3.63, 3.8) is 0 Å². The monoisotopic (exact) mass is 1000 g/mol. The van der Waals surface area contributed by atoms with Crippen molar-refractivity contribution in [2.45, 2.75) is 60.8 Å². The van der Waals surface area contributed by atoms with E-state index in [0.29, 0.717) is 56.9 Å². The van der Waals surface area contributed by atoms with E-state index in [1.807, 2.05) is 90.1 Å². The average molecular weight is 1010 g/mol. The van der Waals surface area contributed by atoms with Gasteiger partial charge in [-0.15, -0.1) is 0 Å². The van der Waals surface area contributed by atoms with E-state index in [9.17, 15) is 9.59 Å². The lowest BCUT2D eigenvalue weighted by Crippen LogP contribution is -2.52. The zero-order valence-corrected chi connectivity index (χ0v) is 43.5. The van der Waals surface area contributed by atoms with Crippen molar-refractivity contribution < 1.29 is 54.5 Å². The summed E-state index contributed by atoms with van der Waals surface area (Å²) in [5, 5.41) is 5.86. The second-order valence-electron chi connectivity index (χ2n) is 16.1. The fourth-order valence-corrected chi connectivity index (χ4v) is 11.1. The largest absolute Gasteiger partial charge is 0.749 e. The van der Waals surface area contributed by atoms with Crippen LogP contribution >= 0.6 is 0 Å². The third kappa shape index (κ3) is 14.2. The molecule has 0 saturated heterocycles. The van der Waals surface area contributed by atoms with E-state index in [2.05, 4.69) is 24.5 Å². The van der Waals surface area contributed by atoms with Crippen LogP contribution in [0.1, 0.15) is 87.2 Å². The van der Waals surface area contributed by atoms with Gasteiger partial charge in [0.05, 0.1) is 11.4 Å². The van der Waals surface area contributed by atoms with Crippen LogP contribution in [0.15, 0.2) is 133 Å². The Morgan fingerprint density at radius 2 is 0.732 bits per heavy atom. The Bertz CT molecular complexity index is 2460. The van der Waals surface area contributed by atoms with Crippen molar-refractivity contribution in [2.24, 2.45) is 0 Å². The molecule has 18 heteroatoms. The minimum atomic E-state index is -3.70. The first kappa shape index (κ1) is 53.6. The van der Waals surface area contributed by atoms with Gasteiger partial charge in [0.2, 0.25) is 0 Å². The normalized spacial score (nSPS) is 11.7. The Kier molecular flexibility index (Phi) is 18.8. The third-order valence-electron chi connectivity index (χ3n) is 10.8. The van der Waals surface area contributed by atoms with Gasteiger partial charge in [0.25, 0.3) is 11.8 Å². The molecule has 6 N–H and O–H groups in total. The van der Waals surface area contributed by atoms with Crippen LogP contribution in [-0.4, -0.2) is 69.6 Å². The van der Waals surface area contributed by atoms with Crippen LogP contribution < -0.4 is 40.4 Å². The first-order valence-electron chi connectivity index (χ1n) is 23.6. The minimum absolute atomic E-state index is 0.247. The Balaban J connectivity index is 1.20. The van der Waals surface area contributed by atoms with Gasteiger partial charge in [0.1, 0.15) is 34.5 Å². The molecular formula is C53H64N4O12Si2. The molecule has 71 heavy (non-hydrogen) atoms. The van der Waals surface area contributed by atoms with Crippen LogP contribution in [0.5, 0.6) is 34.5 Å². The highest BCUT2D eigenvalue weighted by Crippen LogP contribution is 2.39. The van der Waals surface area contributed by atoms with E-state index >= 15 is 0 Å². The van der Waals surface area contributed by atoms with Gasteiger partial charge in [0.15, 0.2) is 0 Å². The molecule has 0 saturated carbocycles. The summed E-state index contributed by atoms with van der Waals surface area (Å²) in [7, 11) is -7.41. The van der Waals surface area contributed by atoms with Gasteiger partial charge in [-0.3, -0.25) is 9.59 Å². The summed E-state index contributed by atoms with van der Waals surface area (Å²) in [5.41, 5.74) is 16.0. The zero-order chi connectivity index (χ0) is 51.0. The summed E-state index contributed by atoms with van der Waals surface area (Å²) < 4.78 is 61.5. The maximum atomic E-state index is 13.3. The molecule has 0 spiro atoms. The van der Waals surface area contributed by atoms with Crippen molar-refractivity contribution in [2.75, 3.05) is 61.7 Å². The first-order valence-corrected chi connectivity index (χ1v) is 26.8. The van der Waals surface area contributed by atoms with Gasteiger partial charge in [-0.2, -0.15) is 0 Å². The van der Waals surface area contributed by atoms with E-state index in [-0.39, 0.29) is 63.0 Å². The molecule has 16 nitrogen and oxygen atoms in total. The SMILES string of the molecule is CCO[Si](OCC)(OCC)Oc1cc(Oc2ccc(C(C)(C)c3ccc(Oc4ccc(NC(=O)c5ccc(N)cc5)c(O[Si](OCC)(OCC)OCC)c4)cc3)cc2)ccc1NC(=O)c1ccc(N)cc1. The molecule has 0 fully saturated rings. The Labute approximate surface area is 418 Å². The number of ether oxygens (including phenoxy) is 2. The number of nitrogens with one attached hydrogen (secondary N) is 2. The molecular weight excluding hydrogens is 941 g/mol. The van der Waals surface area contributed by atoms with E-state index in [1.54, 1.807) is 84.9 Å². The zero-order valence-electron chi connectivity index (χ0n) is 41.5. The van der Waals surface area contributed by atoms with Crippen LogP contribution in [0, 0.1) is 0 Å². The second kappa shape index (κ2) is 24.9.